The quantitative estimate of drug-likeness (QED) is 0.650. The standard InChI is InChI=1S/C18H36N2O/c1-3-4-10-20(11-12-21)15-18(14-19-17-7-8-17)9-5-6-16(2)13-18/h16-17,19,21H,3-15H2,1-2H3. The summed E-state index contributed by atoms with van der Waals surface area (Å²) in [4.78, 5) is 2.52. The minimum atomic E-state index is 0.297. The van der Waals surface area contributed by atoms with E-state index >= 15 is 0 Å². The van der Waals surface area contributed by atoms with E-state index in [2.05, 4.69) is 24.1 Å². The minimum Gasteiger partial charge on any atom is -0.395 e. The van der Waals surface area contributed by atoms with Crippen LogP contribution in [0, 0.1) is 11.3 Å². The molecule has 2 N–H and O–H groups in total. The van der Waals surface area contributed by atoms with Crippen molar-refractivity contribution in [2.45, 2.75) is 71.3 Å². The van der Waals surface area contributed by atoms with E-state index < -0.39 is 0 Å². The topological polar surface area (TPSA) is 35.5 Å². The Morgan fingerprint density at radius 1 is 1.24 bits per heavy atom. The molecule has 2 rings (SSSR count). The fourth-order valence-electron chi connectivity index (χ4n) is 4.04. The maximum absolute atomic E-state index is 9.37. The Morgan fingerprint density at radius 3 is 2.67 bits per heavy atom. The molecule has 2 saturated carbocycles. The molecule has 2 aliphatic carbocycles. The van der Waals surface area contributed by atoms with Crippen LogP contribution >= 0.6 is 0 Å². The van der Waals surface area contributed by atoms with Gasteiger partial charge in [0.25, 0.3) is 0 Å². The molecule has 124 valence electrons. The number of nitrogens with zero attached hydrogens (tertiary/aromatic N) is 1. The summed E-state index contributed by atoms with van der Waals surface area (Å²) < 4.78 is 0. The number of rotatable bonds is 10. The van der Waals surface area contributed by atoms with Crippen LogP contribution in [-0.4, -0.2) is 48.8 Å². The molecule has 2 unspecified atom stereocenters. The Hall–Kier alpha value is -0.120. The lowest BCUT2D eigenvalue weighted by atomic mass is 9.69. The smallest absolute Gasteiger partial charge is 0.0558 e. The van der Waals surface area contributed by atoms with Crippen LogP contribution in [0.25, 0.3) is 0 Å². The van der Waals surface area contributed by atoms with Gasteiger partial charge in [-0.2, -0.15) is 0 Å². The van der Waals surface area contributed by atoms with Gasteiger partial charge in [0, 0.05) is 25.7 Å². The number of nitrogens with one attached hydrogen (secondary N) is 1. The summed E-state index contributed by atoms with van der Waals surface area (Å²) in [6, 6.07) is 0.807. The number of aliphatic hydroxyl groups is 1. The minimum absolute atomic E-state index is 0.297. The molecule has 0 aromatic carbocycles. The van der Waals surface area contributed by atoms with Crippen molar-refractivity contribution in [2.24, 2.45) is 11.3 Å². The Labute approximate surface area is 131 Å². The van der Waals surface area contributed by atoms with Gasteiger partial charge in [0.05, 0.1) is 6.61 Å². The zero-order chi connectivity index (χ0) is 15.1. The molecule has 2 fully saturated rings. The Kier molecular flexibility index (Phi) is 6.97. The third kappa shape index (κ3) is 5.88. The maximum atomic E-state index is 9.37. The Morgan fingerprint density at radius 2 is 2.05 bits per heavy atom. The first-order chi connectivity index (χ1) is 10.2. The van der Waals surface area contributed by atoms with Crippen molar-refractivity contribution in [1.29, 1.82) is 0 Å². The van der Waals surface area contributed by atoms with E-state index in [0.717, 1.165) is 25.0 Å². The van der Waals surface area contributed by atoms with Crippen LogP contribution in [0.4, 0.5) is 0 Å². The summed E-state index contributed by atoms with van der Waals surface area (Å²) in [5.41, 5.74) is 0.448. The fraction of sp³-hybridized carbons (Fsp3) is 1.00. The van der Waals surface area contributed by atoms with Gasteiger partial charge in [-0.05, 0) is 50.0 Å². The molecule has 0 aromatic heterocycles. The highest BCUT2D eigenvalue weighted by Crippen LogP contribution is 2.40. The largest absolute Gasteiger partial charge is 0.395 e. The van der Waals surface area contributed by atoms with Gasteiger partial charge in [0.15, 0.2) is 0 Å². The molecule has 0 bridgehead atoms. The SMILES string of the molecule is CCCCN(CCO)CC1(CNC2CC2)CCCC(C)C1. The molecule has 2 atom stereocenters. The van der Waals surface area contributed by atoms with E-state index in [1.54, 1.807) is 0 Å². The summed E-state index contributed by atoms with van der Waals surface area (Å²) >= 11 is 0. The van der Waals surface area contributed by atoms with Gasteiger partial charge in [-0.15, -0.1) is 0 Å². The molecule has 2 aliphatic rings. The molecule has 0 spiro atoms. The number of unbranched alkanes of at least 4 members (excludes halogenated alkanes) is 1. The summed E-state index contributed by atoms with van der Waals surface area (Å²) in [5.74, 6) is 0.863. The van der Waals surface area contributed by atoms with Crippen LogP contribution in [0.2, 0.25) is 0 Å². The summed E-state index contributed by atoms with van der Waals surface area (Å²) in [6.07, 6.45) is 10.8. The van der Waals surface area contributed by atoms with Crippen molar-refractivity contribution in [2.75, 3.05) is 32.8 Å². The maximum Gasteiger partial charge on any atom is 0.0558 e. The predicted octanol–water partition coefficient (Wildman–Crippen LogP) is 3.03. The van der Waals surface area contributed by atoms with Gasteiger partial charge in [-0.3, -0.25) is 0 Å². The summed E-state index contributed by atoms with van der Waals surface area (Å²) in [5, 5.41) is 13.2. The second-order valence-electron chi connectivity index (χ2n) is 7.71. The molecule has 3 heteroatoms. The van der Waals surface area contributed by atoms with Crippen molar-refractivity contribution in [1.82, 2.24) is 10.2 Å². The van der Waals surface area contributed by atoms with Crippen LogP contribution in [-0.2, 0) is 0 Å². The van der Waals surface area contributed by atoms with Crippen LogP contribution in [0.3, 0.4) is 0 Å². The first-order valence-corrected chi connectivity index (χ1v) is 9.24. The summed E-state index contributed by atoms with van der Waals surface area (Å²) in [7, 11) is 0. The third-order valence-corrected chi connectivity index (χ3v) is 5.33. The second-order valence-corrected chi connectivity index (χ2v) is 7.71. The average molecular weight is 296 g/mol. The number of hydrogen-bond acceptors (Lipinski definition) is 3. The molecule has 0 aliphatic heterocycles. The van der Waals surface area contributed by atoms with E-state index in [1.807, 2.05) is 0 Å². The van der Waals surface area contributed by atoms with Gasteiger partial charge in [-0.1, -0.05) is 33.1 Å². The van der Waals surface area contributed by atoms with Gasteiger partial charge in [0.1, 0.15) is 0 Å². The molecule has 3 nitrogen and oxygen atoms in total. The average Bonchev–Trinajstić information content (AvgIpc) is 3.27. The lowest BCUT2D eigenvalue weighted by molar-refractivity contribution is 0.0692. The second kappa shape index (κ2) is 8.50. The van der Waals surface area contributed by atoms with Gasteiger partial charge in [-0.25, -0.2) is 0 Å². The molecule has 0 saturated heterocycles. The molecular formula is C18H36N2O. The van der Waals surface area contributed by atoms with Crippen molar-refractivity contribution in [3.63, 3.8) is 0 Å². The molecule has 0 aromatic rings. The van der Waals surface area contributed by atoms with Gasteiger partial charge >= 0.3 is 0 Å². The van der Waals surface area contributed by atoms with E-state index in [1.165, 1.54) is 64.5 Å². The Bertz CT molecular complexity index is 293. The first-order valence-electron chi connectivity index (χ1n) is 9.24. The van der Waals surface area contributed by atoms with Gasteiger partial charge in [0.2, 0.25) is 0 Å². The van der Waals surface area contributed by atoms with Crippen molar-refractivity contribution >= 4 is 0 Å². The van der Waals surface area contributed by atoms with Crippen molar-refractivity contribution < 1.29 is 5.11 Å². The van der Waals surface area contributed by atoms with Crippen LogP contribution in [0.5, 0.6) is 0 Å². The van der Waals surface area contributed by atoms with E-state index in [9.17, 15) is 5.11 Å². The first kappa shape index (κ1) is 17.2. The normalized spacial score (nSPS) is 30.0. The number of hydrogen-bond donors (Lipinski definition) is 2. The van der Waals surface area contributed by atoms with E-state index in [-0.39, 0.29) is 0 Å². The lowest BCUT2D eigenvalue weighted by Crippen LogP contribution is -2.48. The summed E-state index contributed by atoms with van der Waals surface area (Å²) in [6.45, 7) is 9.34. The molecule has 21 heavy (non-hydrogen) atoms. The van der Waals surface area contributed by atoms with Crippen LogP contribution in [0.1, 0.15) is 65.2 Å². The molecular weight excluding hydrogens is 260 g/mol. The zero-order valence-corrected chi connectivity index (χ0v) is 14.2. The lowest BCUT2D eigenvalue weighted by Gasteiger charge is -2.43. The van der Waals surface area contributed by atoms with Crippen LogP contribution < -0.4 is 5.32 Å². The molecule has 0 amide bonds. The monoisotopic (exact) mass is 296 g/mol. The fourth-order valence-corrected chi connectivity index (χ4v) is 4.04. The Balaban J connectivity index is 1.94. The third-order valence-electron chi connectivity index (χ3n) is 5.33. The molecule has 0 heterocycles. The van der Waals surface area contributed by atoms with Crippen molar-refractivity contribution in [3.05, 3.63) is 0 Å². The van der Waals surface area contributed by atoms with Crippen molar-refractivity contribution in [3.8, 4) is 0 Å². The molecule has 0 radical (unpaired) electrons. The van der Waals surface area contributed by atoms with Crippen LogP contribution in [0.15, 0.2) is 0 Å². The predicted molar refractivity (Wildman–Crippen MR) is 89.5 cm³/mol. The zero-order valence-electron chi connectivity index (χ0n) is 14.2. The highest BCUT2D eigenvalue weighted by atomic mass is 16.3. The number of aliphatic hydroxyl groups excluding tert-OH is 1. The van der Waals surface area contributed by atoms with E-state index in [4.69, 9.17) is 0 Å². The van der Waals surface area contributed by atoms with E-state index in [0.29, 0.717) is 12.0 Å². The highest BCUT2D eigenvalue weighted by molar-refractivity contribution is 4.93. The highest BCUT2D eigenvalue weighted by Gasteiger charge is 2.37. The van der Waals surface area contributed by atoms with Gasteiger partial charge < -0.3 is 15.3 Å².